The summed E-state index contributed by atoms with van der Waals surface area (Å²) in [5.41, 5.74) is 1.08. The third kappa shape index (κ3) is 3.99. The fourth-order valence-corrected chi connectivity index (χ4v) is 1.28. The molecule has 0 fully saturated rings. The molecule has 0 aliphatic rings. The molecule has 0 amide bonds. The van der Waals surface area contributed by atoms with Crippen LogP contribution in [-0.4, -0.2) is 16.5 Å². The highest BCUT2D eigenvalue weighted by Gasteiger charge is 1.98. The average Bonchev–Trinajstić information content (AvgIpc) is 2.23. The maximum absolute atomic E-state index is 4.32. The molecule has 1 heterocycles. The molecule has 0 radical (unpaired) electrons. The highest BCUT2D eigenvalue weighted by atomic mass is 15.0. The van der Waals surface area contributed by atoms with Crippen LogP contribution in [0.1, 0.15) is 31.8 Å². The zero-order chi connectivity index (χ0) is 11.1. The van der Waals surface area contributed by atoms with Crippen molar-refractivity contribution in [3.63, 3.8) is 0 Å². The Labute approximate surface area is 91.3 Å². The van der Waals surface area contributed by atoms with Crippen molar-refractivity contribution in [2.45, 2.75) is 33.6 Å². The molecule has 0 saturated heterocycles. The zero-order valence-electron chi connectivity index (χ0n) is 9.59. The lowest BCUT2D eigenvalue weighted by molar-refractivity contribution is 0.940. The molecule has 0 aromatic carbocycles. The maximum Gasteiger partial charge on any atom is 0.129 e. The summed E-state index contributed by atoms with van der Waals surface area (Å²) >= 11 is 0. The van der Waals surface area contributed by atoms with E-state index in [0.717, 1.165) is 36.7 Å². The van der Waals surface area contributed by atoms with Gasteiger partial charge >= 0.3 is 0 Å². The molecule has 0 atom stereocenters. The monoisotopic (exact) mass is 203 g/mol. The molecule has 0 aliphatic carbocycles. The number of rotatable bonds is 4. The number of hydrogen-bond acceptors (Lipinski definition) is 3. The first-order valence-corrected chi connectivity index (χ1v) is 5.24. The normalized spacial score (nSPS) is 9.27. The fraction of sp³-hybridized carbons (Fsp3) is 0.500. The highest BCUT2D eigenvalue weighted by Crippen LogP contribution is 2.06. The Morgan fingerprint density at radius 1 is 1.40 bits per heavy atom. The van der Waals surface area contributed by atoms with Crippen LogP contribution < -0.4 is 5.32 Å². The van der Waals surface area contributed by atoms with Crippen molar-refractivity contribution < 1.29 is 0 Å². The summed E-state index contributed by atoms with van der Waals surface area (Å²) in [5.74, 6) is 7.59. The van der Waals surface area contributed by atoms with Gasteiger partial charge in [0.1, 0.15) is 11.6 Å². The van der Waals surface area contributed by atoms with E-state index in [4.69, 9.17) is 0 Å². The van der Waals surface area contributed by atoms with Gasteiger partial charge in [-0.1, -0.05) is 6.92 Å². The first-order chi connectivity index (χ1) is 7.26. The van der Waals surface area contributed by atoms with Crippen molar-refractivity contribution in [3.05, 3.63) is 17.6 Å². The lowest BCUT2D eigenvalue weighted by Crippen LogP contribution is -2.05. The number of nitrogens with one attached hydrogen (secondary N) is 1. The predicted octanol–water partition coefficient (Wildman–Crippen LogP) is 2.17. The van der Waals surface area contributed by atoms with Crippen molar-refractivity contribution in [1.82, 2.24) is 9.97 Å². The van der Waals surface area contributed by atoms with Crippen LogP contribution in [0.4, 0.5) is 5.82 Å². The topological polar surface area (TPSA) is 37.8 Å². The number of aromatic nitrogens is 2. The van der Waals surface area contributed by atoms with Gasteiger partial charge in [-0.15, -0.1) is 11.8 Å². The maximum atomic E-state index is 4.32. The summed E-state index contributed by atoms with van der Waals surface area (Å²) in [5, 5.41) is 3.24. The Kier molecular flexibility index (Phi) is 4.62. The molecule has 1 aromatic rings. The minimum atomic E-state index is 0.818. The lowest BCUT2D eigenvalue weighted by Gasteiger charge is -2.05. The summed E-state index contributed by atoms with van der Waals surface area (Å²) in [6.07, 6.45) is 1.79. The quantitative estimate of drug-likeness (QED) is 0.602. The molecule has 0 bridgehead atoms. The molecule has 80 valence electrons. The number of aryl methyl sites for hydroxylation is 2. The molecule has 3 heteroatoms. The van der Waals surface area contributed by atoms with E-state index >= 15 is 0 Å². The molecule has 3 nitrogen and oxygen atoms in total. The van der Waals surface area contributed by atoms with E-state index in [1.54, 1.807) is 0 Å². The molecule has 1 rings (SSSR count). The molecule has 0 unspecified atom stereocenters. The molecular formula is C12H17N3. The summed E-state index contributed by atoms with van der Waals surface area (Å²) in [4.78, 5) is 8.63. The second-order valence-corrected chi connectivity index (χ2v) is 3.25. The van der Waals surface area contributed by atoms with Gasteiger partial charge in [-0.3, -0.25) is 0 Å². The van der Waals surface area contributed by atoms with Crippen molar-refractivity contribution in [2.24, 2.45) is 0 Å². The Morgan fingerprint density at radius 3 is 2.87 bits per heavy atom. The van der Waals surface area contributed by atoms with Crippen molar-refractivity contribution in [1.29, 1.82) is 0 Å². The van der Waals surface area contributed by atoms with Gasteiger partial charge in [0.2, 0.25) is 0 Å². The number of hydrogen-bond donors (Lipinski definition) is 1. The van der Waals surface area contributed by atoms with Crippen molar-refractivity contribution >= 4 is 5.82 Å². The summed E-state index contributed by atoms with van der Waals surface area (Å²) in [6.45, 7) is 6.69. The van der Waals surface area contributed by atoms with E-state index in [0.29, 0.717) is 0 Å². The second kappa shape index (κ2) is 6.02. The third-order valence-corrected chi connectivity index (χ3v) is 1.99. The molecule has 0 spiro atoms. The fourth-order valence-electron chi connectivity index (χ4n) is 1.28. The van der Waals surface area contributed by atoms with E-state index in [1.807, 2.05) is 19.9 Å². The van der Waals surface area contributed by atoms with E-state index in [2.05, 4.69) is 34.0 Å². The summed E-state index contributed by atoms with van der Waals surface area (Å²) < 4.78 is 0. The largest absolute Gasteiger partial charge is 0.369 e. The van der Waals surface area contributed by atoms with Gasteiger partial charge in [0.05, 0.1) is 0 Å². The van der Waals surface area contributed by atoms with Crippen molar-refractivity contribution in [3.8, 4) is 11.8 Å². The second-order valence-electron chi connectivity index (χ2n) is 3.25. The summed E-state index contributed by atoms with van der Waals surface area (Å²) in [6, 6.07) is 1.99. The van der Waals surface area contributed by atoms with Gasteiger partial charge in [-0.05, 0) is 20.3 Å². The smallest absolute Gasteiger partial charge is 0.129 e. The van der Waals surface area contributed by atoms with Crippen molar-refractivity contribution in [2.75, 3.05) is 11.9 Å². The van der Waals surface area contributed by atoms with E-state index in [-0.39, 0.29) is 0 Å². The van der Waals surface area contributed by atoms with Crippen LogP contribution in [0.25, 0.3) is 0 Å². The molecule has 15 heavy (non-hydrogen) atoms. The van der Waals surface area contributed by atoms with Gasteiger partial charge in [-0.25, -0.2) is 9.97 Å². The molecule has 0 aliphatic heterocycles. The minimum absolute atomic E-state index is 0.818. The molecule has 0 saturated carbocycles. The molecular weight excluding hydrogens is 186 g/mol. The highest BCUT2D eigenvalue weighted by molar-refractivity contribution is 5.36. The van der Waals surface area contributed by atoms with Crippen LogP contribution in [0.15, 0.2) is 6.07 Å². The van der Waals surface area contributed by atoms with E-state index in [1.165, 1.54) is 0 Å². The standard InChI is InChI=1S/C12H17N3/c1-4-6-7-8-13-12-9-11(5-2)14-10(3)15-12/h9H,5,7-8H2,1-3H3,(H,13,14,15). The van der Waals surface area contributed by atoms with Gasteiger partial charge in [0, 0.05) is 24.7 Å². The van der Waals surface area contributed by atoms with E-state index < -0.39 is 0 Å². The van der Waals surface area contributed by atoms with Crippen LogP contribution >= 0.6 is 0 Å². The summed E-state index contributed by atoms with van der Waals surface area (Å²) in [7, 11) is 0. The molecule has 1 N–H and O–H groups in total. The Bertz CT molecular complexity index is 374. The number of nitrogens with zero attached hydrogens (tertiary/aromatic N) is 2. The Morgan fingerprint density at radius 2 is 2.20 bits per heavy atom. The minimum Gasteiger partial charge on any atom is -0.369 e. The van der Waals surface area contributed by atoms with Gasteiger partial charge < -0.3 is 5.32 Å². The average molecular weight is 203 g/mol. The van der Waals surface area contributed by atoms with Crippen LogP contribution in [0, 0.1) is 18.8 Å². The van der Waals surface area contributed by atoms with Gasteiger partial charge in [0.25, 0.3) is 0 Å². The third-order valence-electron chi connectivity index (χ3n) is 1.99. The van der Waals surface area contributed by atoms with Gasteiger partial charge in [-0.2, -0.15) is 0 Å². The van der Waals surface area contributed by atoms with E-state index in [9.17, 15) is 0 Å². The first-order valence-electron chi connectivity index (χ1n) is 5.24. The van der Waals surface area contributed by atoms with Crippen LogP contribution in [0.2, 0.25) is 0 Å². The lowest BCUT2D eigenvalue weighted by atomic mass is 10.3. The Hall–Kier alpha value is -1.56. The number of anilines is 1. The Balaban J connectivity index is 2.59. The zero-order valence-corrected chi connectivity index (χ0v) is 9.59. The van der Waals surface area contributed by atoms with Crippen LogP contribution in [0.5, 0.6) is 0 Å². The first kappa shape index (κ1) is 11.5. The van der Waals surface area contributed by atoms with Crippen LogP contribution in [0.3, 0.4) is 0 Å². The SMILES string of the molecule is CC#CCCNc1cc(CC)nc(C)n1. The van der Waals surface area contributed by atoms with Gasteiger partial charge in [0.15, 0.2) is 0 Å². The van der Waals surface area contributed by atoms with Crippen LogP contribution in [-0.2, 0) is 6.42 Å². The predicted molar refractivity (Wildman–Crippen MR) is 62.7 cm³/mol. The molecule has 1 aromatic heterocycles.